The van der Waals surface area contributed by atoms with Gasteiger partial charge in [0.1, 0.15) is 5.60 Å². The Labute approximate surface area is 122 Å². The molecule has 1 unspecified atom stereocenters. The SMILES string of the molecule is C=C(C)CC1(OC=C(C)C)CC=C(C)C(NC=O)=C1C. The summed E-state index contributed by atoms with van der Waals surface area (Å²) in [5, 5.41) is 2.80. The number of amides is 1. The highest BCUT2D eigenvalue weighted by atomic mass is 16.5. The zero-order valence-electron chi connectivity index (χ0n) is 13.2. The Morgan fingerprint density at radius 2 is 2.10 bits per heavy atom. The summed E-state index contributed by atoms with van der Waals surface area (Å²) in [6, 6.07) is 0. The molecule has 0 aromatic heterocycles. The Morgan fingerprint density at radius 1 is 1.45 bits per heavy atom. The monoisotopic (exact) mass is 275 g/mol. The molecule has 0 spiro atoms. The maximum Gasteiger partial charge on any atom is 0.211 e. The van der Waals surface area contributed by atoms with Crippen LogP contribution in [0.5, 0.6) is 0 Å². The van der Waals surface area contributed by atoms with Gasteiger partial charge in [0, 0.05) is 18.5 Å². The Balaban J connectivity index is 3.26. The van der Waals surface area contributed by atoms with Crippen molar-refractivity contribution >= 4 is 6.41 Å². The summed E-state index contributed by atoms with van der Waals surface area (Å²) in [5.41, 5.74) is 4.70. The van der Waals surface area contributed by atoms with Gasteiger partial charge < -0.3 is 10.1 Å². The molecule has 1 atom stereocenters. The lowest BCUT2D eigenvalue weighted by atomic mass is 9.79. The Morgan fingerprint density at radius 3 is 2.60 bits per heavy atom. The van der Waals surface area contributed by atoms with Gasteiger partial charge in [0.05, 0.1) is 6.26 Å². The van der Waals surface area contributed by atoms with Crippen molar-refractivity contribution in [3.8, 4) is 0 Å². The van der Waals surface area contributed by atoms with Crippen LogP contribution in [0.15, 0.2) is 46.9 Å². The van der Waals surface area contributed by atoms with Crippen LogP contribution in [-0.4, -0.2) is 12.0 Å². The van der Waals surface area contributed by atoms with E-state index in [1.165, 1.54) is 0 Å². The highest BCUT2D eigenvalue weighted by Crippen LogP contribution is 2.39. The van der Waals surface area contributed by atoms with E-state index >= 15 is 0 Å². The van der Waals surface area contributed by atoms with Crippen LogP contribution < -0.4 is 5.32 Å². The summed E-state index contributed by atoms with van der Waals surface area (Å²) in [7, 11) is 0. The van der Waals surface area contributed by atoms with Crippen LogP contribution in [0.1, 0.15) is 47.5 Å². The number of carbonyl (C=O) groups is 1. The third kappa shape index (κ3) is 3.62. The van der Waals surface area contributed by atoms with E-state index in [4.69, 9.17) is 4.74 Å². The van der Waals surface area contributed by atoms with Crippen molar-refractivity contribution < 1.29 is 9.53 Å². The van der Waals surface area contributed by atoms with E-state index in [-0.39, 0.29) is 0 Å². The Hall–Kier alpha value is -1.77. The van der Waals surface area contributed by atoms with Gasteiger partial charge in [0.25, 0.3) is 0 Å². The topological polar surface area (TPSA) is 38.3 Å². The van der Waals surface area contributed by atoms with E-state index in [1.54, 1.807) is 6.26 Å². The summed E-state index contributed by atoms with van der Waals surface area (Å²) < 4.78 is 6.10. The number of carbonyl (C=O) groups excluding carboxylic acids is 1. The molecule has 1 aliphatic carbocycles. The van der Waals surface area contributed by atoms with Crippen molar-refractivity contribution in [1.82, 2.24) is 5.32 Å². The molecule has 0 aromatic rings. The zero-order valence-corrected chi connectivity index (χ0v) is 13.2. The van der Waals surface area contributed by atoms with Gasteiger partial charge in [-0.2, -0.15) is 0 Å². The predicted molar refractivity (Wildman–Crippen MR) is 83.0 cm³/mol. The van der Waals surface area contributed by atoms with Crippen LogP contribution in [0.25, 0.3) is 0 Å². The molecule has 0 saturated heterocycles. The van der Waals surface area contributed by atoms with Gasteiger partial charge in [-0.15, -0.1) is 0 Å². The second-order valence-corrected chi connectivity index (χ2v) is 5.79. The largest absolute Gasteiger partial charge is 0.490 e. The van der Waals surface area contributed by atoms with Crippen molar-refractivity contribution in [2.75, 3.05) is 0 Å². The first-order valence-electron chi connectivity index (χ1n) is 6.86. The average Bonchev–Trinajstić information content (AvgIpc) is 2.36. The van der Waals surface area contributed by atoms with Crippen molar-refractivity contribution in [2.24, 2.45) is 0 Å². The lowest BCUT2D eigenvalue weighted by molar-refractivity contribution is -0.108. The number of ether oxygens (including phenoxy) is 1. The lowest BCUT2D eigenvalue weighted by Crippen LogP contribution is -2.37. The van der Waals surface area contributed by atoms with Crippen molar-refractivity contribution in [3.63, 3.8) is 0 Å². The summed E-state index contributed by atoms with van der Waals surface area (Å²) in [6.07, 6.45) is 6.13. The molecule has 3 nitrogen and oxygen atoms in total. The van der Waals surface area contributed by atoms with Crippen LogP contribution in [0.4, 0.5) is 0 Å². The fourth-order valence-corrected chi connectivity index (χ4v) is 2.48. The minimum atomic E-state index is -0.450. The van der Waals surface area contributed by atoms with Gasteiger partial charge in [-0.1, -0.05) is 18.2 Å². The standard InChI is InChI=1S/C17H25NO2/c1-12(2)9-17(20-10-13(3)4)8-7-14(5)16(15(17)6)18-11-19/h7,10-11H,1,8-9H2,2-6H3,(H,18,19). The van der Waals surface area contributed by atoms with Crippen LogP contribution in [0, 0.1) is 0 Å². The van der Waals surface area contributed by atoms with Crippen LogP contribution >= 0.6 is 0 Å². The molecule has 0 saturated carbocycles. The second-order valence-electron chi connectivity index (χ2n) is 5.79. The molecule has 20 heavy (non-hydrogen) atoms. The van der Waals surface area contributed by atoms with Gasteiger partial charge in [0.15, 0.2) is 0 Å². The summed E-state index contributed by atoms with van der Waals surface area (Å²) in [6.45, 7) is 14.0. The predicted octanol–water partition coefficient (Wildman–Crippen LogP) is 4.00. The van der Waals surface area contributed by atoms with Crippen molar-refractivity contribution in [3.05, 3.63) is 46.9 Å². The molecule has 0 bridgehead atoms. The van der Waals surface area contributed by atoms with Crippen molar-refractivity contribution in [1.29, 1.82) is 0 Å². The maximum absolute atomic E-state index is 10.8. The van der Waals surface area contributed by atoms with Crippen molar-refractivity contribution in [2.45, 2.75) is 53.1 Å². The molecule has 0 heterocycles. The molecular weight excluding hydrogens is 250 g/mol. The third-order valence-electron chi connectivity index (χ3n) is 3.50. The number of allylic oxidation sites excluding steroid dienone is 2. The Kier molecular flexibility index (Phi) is 5.37. The normalized spacial score (nSPS) is 21.9. The first-order chi connectivity index (χ1) is 9.32. The average molecular weight is 275 g/mol. The van der Waals surface area contributed by atoms with Gasteiger partial charge in [-0.3, -0.25) is 4.79 Å². The maximum atomic E-state index is 10.8. The molecule has 1 rings (SSSR count). The number of rotatable bonds is 6. The van der Waals surface area contributed by atoms with E-state index in [0.717, 1.165) is 40.8 Å². The molecule has 3 heteroatoms. The third-order valence-corrected chi connectivity index (χ3v) is 3.50. The van der Waals surface area contributed by atoms with E-state index in [1.807, 2.05) is 34.6 Å². The fraction of sp³-hybridized carbons (Fsp3) is 0.471. The molecule has 0 aromatic carbocycles. The molecule has 0 fully saturated rings. The summed E-state index contributed by atoms with van der Waals surface area (Å²) >= 11 is 0. The van der Waals surface area contributed by atoms with Crippen LogP contribution in [0.2, 0.25) is 0 Å². The molecule has 0 aliphatic heterocycles. The summed E-state index contributed by atoms with van der Waals surface area (Å²) in [4.78, 5) is 10.8. The first-order valence-corrected chi connectivity index (χ1v) is 6.86. The van der Waals surface area contributed by atoms with Gasteiger partial charge in [-0.05, 0) is 51.3 Å². The Bertz CT molecular complexity index is 493. The highest BCUT2D eigenvalue weighted by molar-refractivity contribution is 5.56. The molecule has 0 radical (unpaired) electrons. The molecule has 1 amide bonds. The molecule has 110 valence electrons. The lowest BCUT2D eigenvalue weighted by Gasteiger charge is -2.38. The van der Waals surface area contributed by atoms with Gasteiger partial charge >= 0.3 is 0 Å². The van der Waals surface area contributed by atoms with Crippen LogP contribution in [-0.2, 0) is 9.53 Å². The highest BCUT2D eigenvalue weighted by Gasteiger charge is 2.37. The molecular formula is C17H25NO2. The zero-order chi connectivity index (χ0) is 15.3. The quantitative estimate of drug-likeness (QED) is 0.452. The first kappa shape index (κ1) is 16.3. The number of hydrogen-bond donors (Lipinski definition) is 1. The van der Waals surface area contributed by atoms with Gasteiger partial charge in [-0.25, -0.2) is 0 Å². The van der Waals surface area contributed by atoms with E-state index in [0.29, 0.717) is 6.41 Å². The smallest absolute Gasteiger partial charge is 0.211 e. The van der Waals surface area contributed by atoms with E-state index < -0.39 is 5.60 Å². The number of nitrogens with one attached hydrogen (secondary N) is 1. The number of hydrogen-bond acceptors (Lipinski definition) is 2. The van der Waals surface area contributed by atoms with Crippen LogP contribution in [0.3, 0.4) is 0 Å². The molecule has 1 aliphatic rings. The summed E-state index contributed by atoms with van der Waals surface area (Å²) in [5.74, 6) is 0. The van der Waals surface area contributed by atoms with E-state index in [9.17, 15) is 4.79 Å². The van der Waals surface area contributed by atoms with Gasteiger partial charge in [0.2, 0.25) is 6.41 Å². The van der Waals surface area contributed by atoms with E-state index in [2.05, 4.69) is 18.0 Å². The second kappa shape index (κ2) is 6.60. The molecule has 1 N–H and O–H groups in total. The minimum absolute atomic E-state index is 0.450. The fourth-order valence-electron chi connectivity index (χ4n) is 2.48. The minimum Gasteiger partial charge on any atom is -0.490 e.